The number of hydrogen-bond acceptors (Lipinski definition) is 7. The second-order valence-electron chi connectivity index (χ2n) is 6.77. The van der Waals surface area contributed by atoms with Crippen molar-refractivity contribution in [2.45, 2.75) is 18.7 Å². The molecule has 3 aromatic rings. The molecule has 0 bridgehead atoms. The fraction of sp³-hybridized carbons (Fsp3) is 0.143. The molecule has 0 saturated heterocycles. The minimum absolute atomic E-state index is 0.00278. The quantitative estimate of drug-likeness (QED) is 0.236. The van der Waals surface area contributed by atoms with Crippen molar-refractivity contribution in [1.29, 1.82) is 0 Å². The maximum absolute atomic E-state index is 12.0. The lowest BCUT2D eigenvalue weighted by atomic mass is 10.2. The Morgan fingerprint density at radius 2 is 1.75 bits per heavy atom. The van der Waals surface area contributed by atoms with Crippen molar-refractivity contribution in [3.05, 3.63) is 91.8 Å². The van der Waals surface area contributed by atoms with Crippen LogP contribution >= 0.6 is 11.8 Å². The van der Waals surface area contributed by atoms with Gasteiger partial charge in [-0.05, 0) is 38.1 Å². The predicted molar refractivity (Wildman–Crippen MR) is 121 cm³/mol. The van der Waals surface area contributed by atoms with Crippen LogP contribution in [0, 0.1) is 34.1 Å². The Kier molecular flexibility index (Phi) is 7.00. The van der Waals surface area contributed by atoms with Crippen molar-refractivity contribution >= 4 is 35.3 Å². The van der Waals surface area contributed by atoms with E-state index >= 15 is 0 Å². The lowest BCUT2D eigenvalue weighted by Crippen LogP contribution is -2.19. The second-order valence-corrected chi connectivity index (χ2v) is 7.82. The number of aryl methyl sites for hydroxylation is 1. The summed E-state index contributed by atoms with van der Waals surface area (Å²) in [6.07, 6.45) is 1.52. The second kappa shape index (κ2) is 9.88. The standard InChI is InChI=1S/C21H19N5O5S/c1-14-10-16(15(2)24(14)18-4-3-5-19(11-18)26(30)31)12-22-23-21(27)13-32-20-8-6-17(7-9-20)25(28)29/h3-12H,13H2,1-2H3,(H,23,27)/b22-12-. The molecule has 11 heteroatoms. The molecule has 164 valence electrons. The van der Waals surface area contributed by atoms with Gasteiger partial charge >= 0.3 is 0 Å². The first kappa shape index (κ1) is 22.7. The number of carbonyl (C=O) groups is 1. The number of carbonyl (C=O) groups excluding carboxylic acids is 1. The number of nitro groups is 2. The first-order valence-electron chi connectivity index (χ1n) is 9.39. The summed E-state index contributed by atoms with van der Waals surface area (Å²) in [4.78, 5) is 33.6. The lowest BCUT2D eigenvalue weighted by Gasteiger charge is -2.09. The average molecular weight is 453 g/mol. The highest BCUT2D eigenvalue weighted by molar-refractivity contribution is 8.00. The van der Waals surface area contributed by atoms with E-state index in [4.69, 9.17) is 0 Å². The zero-order valence-corrected chi connectivity index (χ0v) is 18.0. The zero-order valence-electron chi connectivity index (χ0n) is 17.2. The van der Waals surface area contributed by atoms with E-state index in [1.807, 2.05) is 24.5 Å². The number of nitrogens with one attached hydrogen (secondary N) is 1. The van der Waals surface area contributed by atoms with E-state index in [0.717, 1.165) is 21.8 Å². The molecule has 1 N–H and O–H groups in total. The molecular formula is C21H19N5O5S. The number of hydrazone groups is 1. The van der Waals surface area contributed by atoms with Crippen molar-refractivity contribution in [3.63, 3.8) is 0 Å². The highest BCUT2D eigenvalue weighted by Crippen LogP contribution is 2.23. The van der Waals surface area contributed by atoms with Crippen LogP contribution in [-0.4, -0.2) is 32.3 Å². The van der Waals surface area contributed by atoms with Gasteiger partial charge in [0.2, 0.25) is 5.91 Å². The van der Waals surface area contributed by atoms with E-state index in [0.29, 0.717) is 5.69 Å². The predicted octanol–water partition coefficient (Wildman–Crippen LogP) is 4.15. The molecule has 0 unspecified atom stereocenters. The number of thioether (sulfide) groups is 1. The molecule has 0 aliphatic carbocycles. The van der Waals surface area contributed by atoms with Gasteiger partial charge in [-0.15, -0.1) is 11.8 Å². The number of nitrogens with zero attached hydrogens (tertiary/aromatic N) is 4. The molecule has 0 fully saturated rings. The fourth-order valence-electron chi connectivity index (χ4n) is 3.08. The number of benzene rings is 2. The number of rotatable bonds is 8. The van der Waals surface area contributed by atoms with E-state index in [-0.39, 0.29) is 23.0 Å². The van der Waals surface area contributed by atoms with Crippen molar-refractivity contribution in [2.24, 2.45) is 5.10 Å². The molecule has 0 radical (unpaired) electrons. The number of amides is 1. The van der Waals surface area contributed by atoms with Crippen LogP contribution in [0.2, 0.25) is 0 Å². The molecule has 0 saturated carbocycles. The van der Waals surface area contributed by atoms with Crippen molar-refractivity contribution in [3.8, 4) is 5.69 Å². The molecule has 0 aliphatic heterocycles. The van der Waals surface area contributed by atoms with Crippen molar-refractivity contribution in [1.82, 2.24) is 9.99 Å². The minimum atomic E-state index is -0.480. The van der Waals surface area contributed by atoms with Gasteiger partial charge in [-0.25, -0.2) is 5.43 Å². The average Bonchev–Trinajstić information content (AvgIpc) is 3.05. The van der Waals surface area contributed by atoms with Crippen LogP contribution < -0.4 is 5.43 Å². The maximum Gasteiger partial charge on any atom is 0.271 e. The molecule has 10 nitrogen and oxygen atoms in total. The molecule has 32 heavy (non-hydrogen) atoms. The third-order valence-corrected chi connectivity index (χ3v) is 5.59. The molecule has 0 spiro atoms. The molecule has 1 heterocycles. The minimum Gasteiger partial charge on any atom is -0.318 e. The Balaban J connectivity index is 1.62. The van der Waals surface area contributed by atoms with E-state index in [2.05, 4.69) is 10.5 Å². The van der Waals surface area contributed by atoms with Gasteiger partial charge in [0.1, 0.15) is 0 Å². The summed E-state index contributed by atoms with van der Waals surface area (Å²) in [7, 11) is 0. The Labute approximate surface area is 187 Å². The molecule has 3 rings (SSSR count). The number of hydrogen-bond donors (Lipinski definition) is 1. The molecule has 0 atom stereocenters. The van der Waals surface area contributed by atoms with Gasteiger partial charge in [0.05, 0.1) is 27.5 Å². The van der Waals surface area contributed by atoms with E-state index in [9.17, 15) is 25.0 Å². The summed E-state index contributed by atoms with van der Waals surface area (Å²) in [6.45, 7) is 3.74. The van der Waals surface area contributed by atoms with Crippen LogP contribution in [0.3, 0.4) is 0 Å². The number of aromatic nitrogens is 1. The summed E-state index contributed by atoms with van der Waals surface area (Å²) in [5, 5.41) is 25.7. The number of non-ortho nitro benzene ring substituents is 2. The summed E-state index contributed by atoms with van der Waals surface area (Å²) in [6, 6.07) is 14.2. The highest BCUT2D eigenvalue weighted by Gasteiger charge is 2.13. The topological polar surface area (TPSA) is 133 Å². The zero-order chi connectivity index (χ0) is 23.3. The van der Waals surface area contributed by atoms with Gasteiger partial charge in [-0.2, -0.15) is 5.10 Å². The Bertz CT molecular complexity index is 1200. The van der Waals surface area contributed by atoms with Crippen LogP contribution in [0.15, 0.2) is 64.6 Å². The monoisotopic (exact) mass is 453 g/mol. The van der Waals surface area contributed by atoms with Crippen molar-refractivity contribution in [2.75, 3.05) is 5.75 Å². The summed E-state index contributed by atoms with van der Waals surface area (Å²) in [5.74, 6) is -0.223. The van der Waals surface area contributed by atoms with Gasteiger partial charge < -0.3 is 4.57 Å². The lowest BCUT2D eigenvalue weighted by molar-refractivity contribution is -0.385. The van der Waals surface area contributed by atoms with Crippen LogP contribution in [0.4, 0.5) is 11.4 Å². The normalized spacial score (nSPS) is 10.9. The van der Waals surface area contributed by atoms with E-state index < -0.39 is 9.85 Å². The van der Waals surface area contributed by atoms with Gasteiger partial charge in [0, 0.05) is 46.1 Å². The highest BCUT2D eigenvalue weighted by atomic mass is 32.2. The first-order valence-corrected chi connectivity index (χ1v) is 10.4. The summed E-state index contributed by atoms with van der Waals surface area (Å²) in [5.41, 5.74) is 5.56. The van der Waals surface area contributed by atoms with Crippen LogP contribution in [0.5, 0.6) is 0 Å². The smallest absolute Gasteiger partial charge is 0.271 e. The molecule has 1 aromatic heterocycles. The van der Waals surface area contributed by atoms with E-state index in [1.54, 1.807) is 24.3 Å². The first-order chi connectivity index (χ1) is 15.3. The fourth-order valence-corrected chi connectivity index (χ4v) is 3.77. The van der Waals surface area contributed by atoms with Gasteiger partial charge in [0.25, 0.3) is 11.4 Å². The Morgan fingerprint density at radius 1 is 1.06 bits per heavy atom. The van der Waals surface area contributed by atoms with Crippen LogP contribution in [0.25, 0.3) is 5.69 Å². The van der Waals surface area contributed by atoms with Gasteiger partial charge in [-0.3, -0.25) is 25.0 Å². The molecule has 0 aliphatic rings. The van der Waals surface area contributed by atoms with E-state index in [1.165, 1.54) is 42.2 Å². The van der Waals surface area contributed by atoms with Gasteiger partial charge in [0.15, 0.2) is 0 Å². The SMILES string of the molecule is Cc1cc(/C=N\NC(=O)CSc2ccc([N+](=O)[O-])cc2)c(C)n1-c1cccc([N+](=O)[O-])c1. The van der Waals surface area contributed by atoms with Crippen molar-refractivity contribution < 1.29 is 14.6 Å². The van der Waals surface area contributed by atoms with Crippen LogP contribution in [-0.2, 0) is 4.79 Å². The third-order valence-electron chi connectivity index (χ3n) is 4.58. The summed E-state index contributed by atoms with van der Waals surface area (Å²) < 4.78 is 1.88. The molecule has 2 aromatic carbocycles. The molecular weight excluding hydrogens is 434 g/mol. The Morgan fingerprint density at radius 3 is 2.41 bits per heavy atom. The summed E-state index contributed by atoms with van der Waals surface area (Å²) >= 11 is 1.24. The number of nitro benzene ring substituents is 2. The molecule has 1 amide bonds. The third kappa shape index (κ3) is 5.38. The maximum atomic E-state index is 12.0. The van der Waals surface area contributed by atoms with Gasteiger partial charge in [-0.1, -0.05) is 6.07 Å². The Hall–Kier alpha value is -3.99. The largest absolute Gasteiger partial charge is 0.318 e. The van der Waals surface area contributed by atoms with Crippen LogP contribution in [0.1, 0.15) is 17.0 Å².